The van der Waals surface area contributed by atoms with Crippen LogP contribution in [0.5, 0.6) is 5.75 Å². The number of benzene rings is 1. The number of hydrogen-bond donors (Lipinski definition) is 0. The number of methoxy groups -OCH3 is 1. The van der Waals surface area contributed by atoms with Gasteiger partial charge >= 0.3 is 0 Å². The molecule has 0 saturated carbocycles. The zero-order valence-corrected chi connectivity index (χ0v) is 12.0. The Morgan fingerprint density at radius 3 is 2.95 bits per heavy atom. The molecule has 2 heterocycles. The van der Waals surface area contributed by atoms with Crippen LogP contribution in [0.2, 0.25) is 0 Å². The molecular formula is C16H24N2O. The number of piperazine rings is 1. The van der Waals surface area contributed by atoms with Gasteiger partial charge in [0.1, 0.15) is 5.75 Å². The fraction of sp³-hybridized carbons (Fsp3) is 0.625. The van der Waals surface area contributed by atoms with Gasteiger partial charge in [-0.25, -0.2) is 0 Å². The second-order valence-corrected chi connectivity index (χ2v) is 5.88. The van der Waals surface area contributed by atoms with Crippen molar-refractivity contribution in [2.75, 3.05) is 26.7 Å². The van der Waals surface area contributed by atoms with Crippen molar-refractivity contribution in [1.29, 1.82) is 0 Å². The lowest BCUT2D eigenvalue weighted by atomic mass is 10.1. The third-order valence-corrected chi connectivity index (χ3v) is 4.63. The van der Waals surface area contributed by atoms with Gasteiger partial charge in [-0.05, 0) is 32.4 Å². The summed E-state index contributed by atoms with van der Waals surface area (Å²) in [7, 11) is 1.76. The van der Waals surface area contributed by atoms with Crippen molar-refractivity contribution in [2.24, 2.45) is 0 Å². The van der Waals surface area contributed by atoms with Crippen LogP contribution >= 0.6 is 0 Å². The summed E-state index contributed by atoms with van der Waals surface area (Å²) in [5.74, 6) is 1.02. The topological polar surface area (TPSA) is 15.7 Å². The molecule has 0 amide bonds. The SMILES string of the molecule is COc1ccccc1CN1CC2CCCN2C[C@@H]1C. The zero-order chi connectivity index (χ0) is 13.2. The maximum absolute atomic E-state index is 5.47. The summed E-state index contributed by atoms with van der Waals surface area (Å²) in [6.45, 7) is 7.09. The van der Waals surface area contributed by atoms with Crippen molar-refractivity contribution in [3.8, 4) is 5.75 Å². The lowest BCUT2D eigenvalue weighted by Gasteiger charge is -2.42. The molecule has 2 aliphatic heterocycles. The van der Waals surface area contributed by atoms with E-state index in [9.17, 15) is 0 Å². The van der Waals surface area contributed by atoms with E-state index in [0.717, 1.165) is 18.3 Å². The first-order chi connectivity index (χ1) is 9.28. The first-order valence-corrected chi connectivity index (χ1v) is 7.38. The predicted molar refractivity (Wildman–Crippen MR) is 77.5 cm³/mol. The maximum Gasteiger partial charge on any atom is 0.123 e. The van der Waals surface area contributed by atoms with E-state index in [0.29, 0.717) is 6.04 Å². The Hall–Kier alpha value is -1.06. The molecule has 3 heteroatoms. The second-order valence-electron chi connectivity index (χ2n) is 5.88. The monoisotopic (exact) mass is 260 g/mol. The van der Waals surface area contributed by atoms with Gasteiger partial charge in [-0.2, -0.15) is 0 Å². The molecule has 2 saturated heterocycles. The molecule has 0 radical (unpaired) electrons. The minimum absolute atomic E-state index is 0.638. The highest BCUT2D eigenvalue weighted by atomic mass is 16.5. The van der Waals surface area contributed by atoms with Crippen molar-refractivity contribution in [3.05, 3.63) is 29.8 Å². The molecule has 1 aromatic rings. The van der Waals surface area contributed by atoms with Crippen LogP contribution in [0, 0.1) is 0 Å². The van der Waals surface area contributed by atoms with E-state index < -0.39 is 0 Å². The van der Waals surface area contributed by atoms with Crippen LogP contribution in [0.25, 0.3) is 0 Å². The summed E-state index contributed by atoms with van der Waals surface area (Å²) in [6.07, 6.45) is 2.75. The molecule has 19 heavy (non-hydrogen) atoms. The molecule has 0 N–H and O–H groups in total. The Bertz CT molecular complexity index is 435. The van der Waals surface area contributed by atoms with Crippen molar-refractivity contribution in [1.82, 2.24) is 9.80 Å². The molecule has 3 rings (SSSR count). The smallest absolute Gasteiger partial charge is 0.123 e. The minimum Gasteiger partial charge on any atom is -0.496 e. The van der Waals surface area contributed by atoms with Crippen molar-refractivity contribution in [2.45, 2.75) is 38.4 Å². The summed E-state index contributed by atoms with van der Waals surface area (Å²) in [4.78, 5) is 5.29. The molecule has 2 aliphatic rings. The lowest BCUT2D eigenvalue weighted by molar-refractivity contribution is 0.0535. The van der Waals surface area contributed by atoms with Gasteiger partial charge in [0.2, 0.25) is 0 Å². The summed E-state index contributed by atoms with van der Waals surface area (Å²) in [5.41, 5.74) is 1.31. The summed E-state index contributed by atoms with van der Waals surface area (Å²) in [6, 6.07) is 9.82. The molecule has 1 unspecified atom stereocenters. The average Bonchev–Trinajstić information content (AvgIpc) is 2.87. The van der Waals surface area contributed by atoms with Gasteiger partial charge in [0.15, 0.2) is 0 Å². The molecule has 1 aromatic carbocycles. The van der Waals surface area contributed by atoms with Gasteiger partial charge in [0.25, 0.3) is 0 Å². The first-order valence-electron chi connectivity index (χ1n) is 7.38. The van der Waals surface area contributed by atoms with Crippen LogP contribution in [0.1, 0.15) is 25.3 Å². The molecule has 0 bridgehead atoms. The van der Waals surface area contributed by atoms with Gasteiger partial charge in [-0.15, -0.1) is 0 Å². The quantitative estimate of drug-likeness (QED) is 0.830. The van der Waals surface area contributed by atoms with Gasteiger partial charge in [-0.1, -0.05) is 18.2 Å². The van der Waals surface area contributed by atoms with Gasteiger partial charge in [0.05, 0.1) is 7.11 Å². The minimum atomic E-state index is 0.638. The van der Waals surface area contributed by atoms with Crippen LogP contribution in [0.3, 0.4) is 0 Å². The largest absolute Gasteiger partial charge is 0.496 e. The van der Waals surface area contributed by atoms with E-state index in [4.69, 9.17) is 4.74 Å². The number of rotatable bonds is 3. The van der Waals surface area contributed by atoms with E-state index in [1.54, 1.807) is 7.11 Å². The van der Waals surface area contributed by atoms with E-state index in [-0.39, 0.29) is 0 Å². The van der Waals surface area contributed by atoms with Gasteiger partial charge in [-0.3, -0.25) is 9.80 Å². The van der Waals surface area contributed by atoms with Crippen LogP contribution in [-0.2, 0) is 6.54 Å². The zero-order valence-electron chi connectivity index (χ0n) is 12.0. The van der Waals surface area contributed by atoms with Crippen LogP contribution in [-0.4, -0.2) is 48.6 Å². The molecular weight excluding hydrogens is 236 g/mol. The summed E-state index contributed by atoms with van der Waals surface area (Å²) >= 11 is 0. The highest BCUT2D eigenvalue weighted by molar-refractivity contribution is 5.33. The Morgan fingerprint density at radius 2 is 2.11 bits per heavy atom. The molecule has 2 fully saturated rings. The van der Waals surface area contributed by atoms with E-state index in [1.807, 2.05) is 6.07 Å². The summed E-state index contributed by atoms with van der Waals surface area (Å²) in [5, 5.41) is 0. The maximum atomic E-state index is 5.47. The standard InChI is InChI=1S/C16H24N2O/c1-13-10-17-9-5-7-15(17)12-18(13)11-14-6-3-4-8-16(14)19-2/h3-4,6,8,13,15H,5,7,9-12H2,1-2H3/t13-,15?/m0/s1. The Balaban J connectivity index is 1.72. The molecule has 3 nitrogen and oxygen atoms in total. The Kier molecular flexibility index (Phi) is 3.76. The first kappa shape index (κ1) is 12.9. The van der Waals surface area contributed by atoms with E-state index in [2.05, 4.69) is 34.9 Å². The Morgan fingerprint density at radius 1 is 1.26 bits per heavy atom. The molecule has 0 aromatic heterocycles. The lowest BCUT2D eigenvalue weighted by Crippen LogP contribution is -2.54. The average molecular weight is 260 g/mol. The van der Waals surface area contributed by atoms with Gasteiger partial charge in [0, 0.05) is 37.3 Å². The molecule has 104 valence electrons. The predicted octanol–water partition coefficient (Wildman–Crippen LogP) is 2.36. The second kappa shape index (κ2) is 5.51. The number of ether oxygens (including phenoxy) is 1. The van der Waals surface area contributed by atoms with Crippen LogP contribution in [0.4, 0.5) is 0 Å². The Labute approximate surface area is 116 Å². The third kappa shape index (κ3) is 2.63. The summed E-state index contributed by atoms with van der Waals surface area (Å²) < 4.78 is 5.47. The van der Waals surface area contributed by atoms with E-state index in [1.165, 1.54) is 38.0 Å². The highest BCUT2D eigenvalue weighted by Gasteiger charge is 2.34. The number of nitrogens with zero attached hydrogens (tertiary/aromatic N) is 2. The fourth-order valence-corrected chi connectivity index (χ4v) is 3.52. The highest BCUT2D eigenvalue weighted by Crippen LogP contribution is 2.27. The number of hydrogen-bond acceptors (Lipinski definition) is 3. The van der Waals surface area contributed by atoms with Crippen molar-refractivity contribution < 1.29 is 4.74 Å². The van der Waals surface area contributed by atoms with Crippen molar-refractivity contribution in [3.63, 3.8) is 0 Å². The number of fused-ring (bicyclic) bond motifs is 1. The van der Waals surface area contributed by atoms with Crippen molar-refractivity contribution >= 4 is 0 Å². The normalized spacial score (nSPS) is 28.3. The number of para-hydroxylation sites is 1. The molecule has 0 aliphatic carbocycles. The molecule has 2 atom stereocenters. The van der Waals surface area contributed by atoms with Crippen LogP contribution in [0.15, 0.2) is 24.3 Å². The third-order valence-electron chi connectivity index (χ3n) is 4.63. The van der Waals surface area contributed by atoms with Crippen LogP contribution < -0.4 is 4.74 Å². The van der Waals surface area contributed by atoms with E-state index >= 15 is 0 Å². The van der Waals surface area contributed by atoms with Gasteiger partial charge < -0.3 is 4.74 Å². The fourth-order valence-electron chi connectivity index (χ4n) is 3.52. The molecule has 0 spiro atoms.